The number of carbonyl (C=O) groups excluding carboxylic acids is 1. The number of esters is 1. The lowest BCUT2D eigenvalue weighted by Crippen LogP contribution is -2.51. The number of aryl methyl sites for hydroxylation is 1. The molecule has 20 heavy (non-hydrogen) atoms. The minimum absolute atomic E-state index is 0.216. The van der Waals surface area contributed by atoms with Crippen molar-refractivity contribution in [2.45, 2.75) is 55.7 Å². The third-order valence-corrected chi connectivity index (χ3v) is 4.93. The molecule has 0 aliphatic heterocycles. The maximum atomic E-state index is 12.0. The molecule has 0 amide bonds. The Morgan fingerprint density at radius 1 is 1.55 bits per heavy atom. The highest BCUT2D eigenvalue weighted by Gasteiger charge is 2.35. The summed E-state index contributed by atoms with van der Waals surface area (Å²) in [5, 5.41) is 12.6. The fraction of sp³-hybridized carbons (Fsp3) is 0.769. The number of aromatic nitrogens is 2. The first-order valence-electron chi connectivity index (χ1n) is 6.71. The number of ether oxygens (including phenoxy) is 1. The highest BCUT2D eigenvalue weighted by Crippen LogP contribution is 2.31. The summed E-state index contributed by atoms with van der Waals surface area (Å²) in [6.07, 6.45) is 1.66. The predicted octanol–water partition coefficient (Wildman–Crippen LogP) is 2.65. The molecule has 0 bridgehead atoms. The van der Waals surface area contributed by atoms with E-state index in [1.807, 2.05) is 13.8 Å². The second kappa shape index (κ2) is 7.95. The van der Waals surface area contributed by atoms with Gasteiger partial charge in [0.1, 0.15) is 10.5 Å². The van der Waals surface area contributed by atoms with Gasteiger partial charge in [-0.15, -0.1) is 10.2 Å². The van der Waals surface area contributed by atoms with Crippen molar-refractivity contribution in [3.05, 3.63) is 5.01 Å². The summed E-state index contributed by atoms with van der Waals surface area (Å²) < 4.78 is 5.87. The van der Waals surface area contributed by atoms with Crippen LogP contribution in [0, 0.1) is 6.92 Å². The van der Waals surface area contributed by atoms with Crippen LogP contribution in [0.15, 0.2) is 4.34 Å². The number of carbonyl (C=O) groups is 1. The Balaban J connectivity index is 2.65. The van der Waals surface area contributed by atoms with Gasteiger partial charge in [0.15, 0.2) is 4.34 Å². The maximum Gasteiger partial charge on any atom is 0.325 e. The highest BCUT2D eigenvalue weighted by molar-refractivity contribution is 8.01. The Morgan fingerprint density at radius 2 is 2.25 bits per heavy atom. The van der Waals surface area contributed by atoms with Gasteiger partial charge in [0.05, 0.1) is 7.11 Å². The van der Waals surface area contributed by atoms with Crippen LogP contribution in [0.4, 0.5) is 0 Å². The molecule has 0 saturated carbocycles. The molecule has 114 valence electrons. The summed E-state index contributed by atoms with van der Waals surface area (Å²) >= 11 is 3.23. The molecule has 0 fully saturated rings. The van der Waals surface area contributed by atoms with Crippen LogP contribution in [0.2, 0.25) is 0 Å². The topological polar surface area (TPSA) is 64.1 Å². The van der Waals surface area contributed by atoms with Crippen LogP contribution in [-0.2, 0) is 9.53 Å². The summed E-state index contributed by atoms with van der Waals surface area (Å²) in [5.74, 6) is -0.216. The monoisotopic (exact) mass is 317 g/mol. The number of methoxy groups -OCH3 is 1. The zero-order valence-corrected chi connectivity index (χ0v) is 14.4. The lowest BCUT2D eigenvalue weighted by molar-refractivity contribution is -0.148. The minimum atomic E-state index is -0.656. The molecule has 2 atom stereocenters. The lowest BCUT2D eigenvalue weighted by atomic mass is 9.96. The zero-order valence-electron chi connectivity index (χ0n) is 12.7. The van der Waals surface area contributed by atoms with Crippen molar-refractivity contribution >= 4 is 29.1 Å². The van der Waals surface area contributed by atoms with Gasteiger partial charge < -0.3 is 10.1 Å². The maximum absolute atomic E-state index is 12.0. The van der Waals surface area contributed by atoms with Gasteiger partial charge >= 0.3 is 5.97 Å². The molecular formula is C13H23N3O2S2. The van der Waals surface area contributed by atoms with Crippen molar-refractivity contribution in [1.29, 1.82) is 0 Å². The number of hydrogen-bond donors (Lipinski definition) is 1. The van der Waals surface area contributed by atoms with E-state index >= 15 is 0 Å². The smallest absolute Gasteiger partial charge is 0.325 e. The normalized spacial score (nSPS) is 15.7. The van der Waals surface area contributed by atoms with Crippen molar-refractivity contribution in [3.8, 4) is 0 Å². The predicted molar refractivity (Wildman–Crippen MR) is 83.3 cm³/mol. The fourth-order valence-corrected chi connectivity index (χ4v) is 4.28. The quantitative estimate of drug-likeness (QED) is 0.587. The summed E-state index contributed by atoms with van der Waals surface area (Å²) in [6.45, 7) is 8.80. The largest absolute Gasteiger partial charge is 0.468 e. The second-order valence-electron chi connectivity index (χ2n) is 4.97. The van der Waals surface area contributed by atoms with Crippen LogP contribution in [-0.4, -0.2) is 40.6 Å². The second-order valence-corrected chi connectivity index (χ2v) is 7.84. The Kier molecular flexibility index (Phi) is 6.91. The Hall–Kier alpha value is -0.660. The molecule has 1 heterocycles. The SMILES string of the molecule is CCCNC(C)(CC(C)Sc1nnc(C)s1)C(=O)OC. The van der Waals surface area contributed by atoms with Gasteiger partial charge in [0.25, 0.3) is 0 Å². The van der Waals surface area contributed by atoms with Gasteiger partial charge in [-0.1, -0.05) is 36.9 Å². The Bertz CT molecular complexity index is 439. The molecule has 0 aromatic carbocycles. The molecule has 0 radical (unpaired) electrons. The van der Waals surface area contributed by atoms with Gasteiger partial charge in [-0.05, 0) is 33.2 Å². The van der Waals surface area contributed by atoms with Crippen LogP contribution in [0.3, 0.4) is 0 Å². The van der Waals surface area contributed by atoms with Crippen LogP contribution in [0.25, 0.3) is 0 Å². The molecule has 7 heteroatoms. The first-order valence-corrected chi connectivity index (χ1v) is 8.41. The van der Waals surface area contributed by atoms with E-state index in [4.69, 9.17) is 4.74 Å². The van der Waals surface area contributed by atoms with E-state index in [2.05, 4.69) is 29.4 Å². The van der Waals surface area contributed by atoms with Crippen molar-refractivity contribution in [3.63, 3.8) is 0 Å². The zero-order chi connectivity index (χ0) is 15.2. The molecule has 2 unspecified atom stereocenters. The Morgan fingerprint density at radius 3 is 2.75 bits per heavy atom. The van der Waals surface area contributed by atoms with Crippen LogP contribution < -0.4 is 5.32 Å². The summed E-state index contributed by atoms with van der Waals surface area (Å²) in [4.78, 5) is 12.0. The third kappa shape index (κ3) is 5.03. The van der Waals surface area contributed by atoms with Crippen molar-refractivity contribution < 1.29 is 9.53 Å². The molecule has 0 aliphatic carbocycles. The molecule has 0 spiro atoms. The van der Waals surface area contributed by atoms with E-state index in [0.717, 1.165) is 22.3 Å². The van der Waals surface area contributed by atoms with Crippen LogP contribution in [0.5, 0.6) is 0 Å². The van der Waals surface area contributed by atoms with E-state index in [1.54, 1.807) is 23.1 Å². The molecule has 1 rings (SSSR count). The minimum Gasteiger partial charge on any atom is -0.468 e. The fourth-order valence-electron chi connectivity index (χ4n) is 1.97. The standard InChI is InChI=1S/C13H23N3O2S2/c1-6-7-14-13(4,11(17)18-5)8-9(2)19-12-16-15-10(3)20-12/h9,14H,6-8H2,1-5H3. The van der Waals surface area contributed by atoms with E-state index in [-0.39, 0.29) is 11.2 Å². The first-order chi connectivity index (χ1) is 9.41. The van der Waals surface area contributed by atoms with Gasteiger partial charge in [-0.25, -0.2) is 0 Å². The van der Waals surface area contributed by atoms with E-state index < -0.39 is 5.54 Å². The van der Waals surface area contributed by atoms with Gasteiger partial charge in [0.2, 0.25) is 0 Å². The summed E-state index contributed by atoms with van der Waals surface area (Å²) in [6, 6.07) is 0. The van der Waals surface area contributed by atoms with Crippen LogP contribution >= 0.6 is 23.1 Å². The molecule has 1 aromatic heterocycles. The molecular weight excluding hydrogens is 294 g/mol. The molecule has 1 aromatic rings. The molecule has 0 aliphatic rings. The number of rotatable bonds is 8. The average Bonchev–Trinajstić information content (AvgIpc) is 2.80. The van der Waals surface area contributed by atoms with E-state index in [0.29, 0.717) is 6.42 Å². The Labute approximate surface area is 128 Å². The third-order valence-electron chi connectivity index (χ3n) is 2.91. The number of nitrogens with zero attached hydrogens (tertiary/aromatic N) is 2. The molecule has 1 N–H and O–H groups in total. The summed E-state index contributed by atoms with van der Waals surface area (Å²) in [7, 11) is 1.43. The average molecular weight is 317 g/mol. The highest BCUT2D eigenvalue weighted by atomic mass is 32.2. The van der Waals surface area contributed by atoms with Crippen molar-refractivity contribution in [2.75, 3.05) is 13.7 Å². The molecule has 0 saturated heterocycles. The van der Waals surface area contributed by atoms with E-state index in [9.17, 15) is 4.79 Å². The number of hydrogen-bond acceptors (Lipinski definition) is 7. The first kappa shape index (κ1) is 17.4. The van der Waals surface area contributed by atoms with Crippen molar-refractivity contribution in [1.82, 2.24) is 15.5 Å². The van der Waals surface area contributed by atoms with Crippen LogP contribution in [0.1, 0.15) is 38.6 Å². The van der Waals surface area contributed by atoms with Crippen molar-refractivity contribution in [2.24, 2.45) is 0 Å². The van der Waals surface area contributed by atoms with Gasteiger partial charge in [-0.2, -0.15) is 0 Å². The van der Waals surface area contributed by atoms with Gasteiger partial charge in [-0.3, -0.25) is 4.79 Å². The van der Waals surface area contributed by atoms with Gasteiger partial charge in [0, 0.05) is 5.25 Å². The number of thioether (sulfide) groups is 1. The number of nitrogens with one attached hydrogen (secondary N) is 1. The molecule has 5 nitrogen and oxygen atoms in total. The summed E-state index contributed by atoms with van der Waals surface area (Å²) in [5.41, 5.74) is -0.656. The lowest BCUT2D eigenvalue weighted by Gasteiger charge is -2.30. The van der Waals surface area contributed by atoms with E-state index in [1.165, 1.54) is 7.11 Å².